The zero-order valence-electron chi connectivity index (χ0n) is 10.0. The molecule has 0 unspecified atom stereocenters. The fourth-order valence-electron chi connectivity index (χ4n) is 1.31. The van der Waals surface area contributed by atoms with Crippen LogP contribution in [0.1, 0.15) is 23.7 Å². The first-order valence-corrected chi connectivity index (χ1v) is 5.68. The van der Waals surface area contributed by atoms with E-state index in [0.29, 0.717) is 18.7 Å². The van der Waals surface area contributed by atoms with Gasteiger partial charge in [-0.1, -0.05) is 12.8 Å². The van der Waals surface area contributed by atoms with Gasteiger partial charge in [0.15, 0.2) is 5.78 Å². The van der Waals surface area contributed by atoms with Gasteiger partial charge in [-0.15, -0.1) is 6.42 Å². The third kappa shape index (κ3) is 4.71. The van der Waals surface area contributed by atoms with Gasteiger partial charge in [-0.05, 0) is 30.7 Å². The molecule has 0 radical (unpaired) electrons. The van der Waals surface area contributed by atoms with Crippen LogP contribution < -0.4 is 10.1 Å². The van der Waals surface area contributed by atoms with Gasteiger partial charge in [0, 0.05) is 5.56 Å². The maximum atomic E-state index is 11.7. The number of rotatable bonds is 7. The lowest BCUT2D eigenvalue weighted by Gasteiger charge is -2.05. The molecule has 1 aromatic rings. The molecule has 0 saturated heterocycles. The Kier molecular flexibility index (Phi) is 5.84. The van der Waals surface area contributed by atoms with Crippen LogP contribution >= 0.6 is 0 Å². The highest BCUT2D eigenvalue weighted by Gasteiger charge is 2.04. The Morgan fingerprint density at radius 3 is 2.71 bits per heavy atom. The van der Waals surface area contributed by atoms with Gasteiger partial charge >= 0.3 is 0 Å². The molecule has 0 fully saturated rings. The number of nitrogens with one attached hydrogen (secondary N) is 1. The van der Waals surface area contributed by atoms with Crippen LogP contribution in [0.25, 0.3) is 0 Å². The maximum absolute atomic E-state index is 11.7. The fraction of sp³-hybridized carbons (Fsp3) is 0.357. The summed E-state index contributed by atoms with van der Waals surface area (Å²) < 4.78 is 5.43. The largest absolute Gasteiger partial charge is 0.494 e. The van der Waals surface area contributed by atoms with E-state index in [1.165, 1.54) is 0 Å². The third-order valence-electron chi connectivity index (χ3n) is 2.16. The van der Waals surface area contributed by atoms with E-state index in [1.54, 1.807) is 12.1 Å². The molecule has 17 heavy (non-hydrogen) atoms. The zero-order chi connectivity index (χ0) is 12.5. The van der Waals surface area contributed by atoms with E-state index in [-0.39, 0.29) is 12.3 Å². The van der Waals surface area contributed by atoms with Crippen molar-refractivity contribution in [3.63, 3.8) is 0 Å². The Hall–Kier alpha value is -1.79. The minimum atomic E-state index is 0.0299. The second-order valence-corrected chi connectivity index (χ2v) is 3.60. The van der Waals surface area contributed by atoms with Crippen molar-refractivity contribution in [1.82, 2.24) is 5.32 Å². The van der Waals surface area contributed by atoms with Gasteiger partial charge in [0.25, 0.3) is 0 Å². The van der Waals surface area contributed by atoms with Gasteiger partial charge in [-0.2, -0.15) is 0 Å². The quantitative estimate of drug-likeness (QED) is 0.442. The first-order valence-electron chi connectivity index (χ1n) is 5.68. The summed E-state index contributed by atoms with van der Waals surface area (Å²) in [5.41, 5.74) is 0.665. The second kappa shape index (κ2) is 7.48. The molecule has 1 aromatic carbocycles. The minimum absolute atomic E-state index is 0.0299. The number of hydrogen-bond acceptors (Lipinski definition) is 3. The molecule has 0 spiro atoms. The normalized spacial score (nSPS) is 9.65. The lowest BCUT2D eigenvalue weighted by molar-refractivity contribution is 0.0992. The Balaban J connectivity index is 2.49. The first-order chi connectivity index (χ1) is 8.27. The van der Waals surface area contributed by atoms with Crippen LogP contribution in [-0.4, -0.2) is 25.5 Å². The van der Waals surface area contributed by atoms with Gasteiger partial charge in [0.05, 0.1) is 19.7 Å². The molecule has 0 saturated carbocycles. The Labute approximate surface area is 102 Å². The maximum Gasteiger partial charge on any atom is 0.176 e. The third-order valence-corrected chi connectivity index (χ3v) is 2.16. The zero-order valence-corrected chi connectivity index (χ0v) is 10.0. The highest BCUT2D eigenvalue weighted by atomic mass is 16.5. The summed E-state index contributed by atoms with van der Waals surface area (Å²) in [6, 6.07) is 7.16. The monoisotopic (exact) mass is 231 g/mol. The average Bonchev–Trinajstić information content (AvgIpc) is 2.37. The van der Waals surface area contributed by atoms with Crippen molar-refractivity contribution in [2.75, 3.05) is 19.7 Å². The van der Waals surface area contributed by atoms with Crippen molar-refractivity contribution in [1.29, 1.82) is 0 Å². The van der Waals surface area contributed by atoms with Crippen LogP contribution in [0, 0.1) is 12.3 Å². The van der Waals surface area contributed by atoms with Crippen LogP contribution in [0.3, 0.4) is 0 Å². The Morgan fingerprint density at radius 2 is 2.12 bits per heavy atom. The number of terminal acetylenes is 1. The van der Waals surface area contributed by atoms with Gasteiger partial charge in [-0.25, -0.2) is 0 Å². The van der Waals surface area contributed by atoms with Crippen molar-refractivity contribution in [3.8, 4) is 18.1 Å². The number of ether oxygens (including phenoxy) is 1. The van der Waals surface area contributed by atoms with Gasteiger partial charge < -0.3 is 4.74 Å². The smallest absolute Gasteiger partial charge is 0.176 e. The number of hydrogen-bond donors (Lipinski definition) is 1. The molecule has 1 rings (SSSR count). The molecule has 0 aliphatic rings. The standard InChI is InChI=1S/C14H17NO2/c1-3-9-15-11-14(16)12-5-7-13(8-6-12)17-10-4-2/h1,5-8,15H,4,9-11H2,2H3. The van der Waals surface area contributed by atoms with Crippen LogP contribution in [-0.2, 0) is 0 Å². The number of carbonyl (C=O) groups is 1. The number of carbonyl (C=O) groups excluding carboxylic acids is 1. The number of ketones is 1. The van der Waals surface area contributed by atoms with E-state index in [4.69, 9.17) is 11.2 Å². The molecular formula is C14H17NO2. The summed E-state index contributed by atoms with van der Waals surface area (Å²) in [5, 5.41) is 2.87. The summed E-state index contributed by atoms with van der Waals surface area (Å²) >= 11 is 0. The van der Waals surface area contributed by atoms with E-state index in [0.717, 1.165) is 12.2 Å². The summed E-state index contributed by atoms with van der Waals surface area (Å²) in [4.78, 5) is 11.7. The predicted molar refractivity (Wildman–Crippen MR) is 68.3 cm³/mol. The van der Waals surface area contributed by atoms with Crippen molar-refractivity contribution < 1.29 is 9.53 Å². The molecule has 90 valence electrons. The molecule has 0 heterocycles. The van der Waals surface area contributed by atoms with Gasteiger partial charge in [0.2, 0.25) is 0 Å². The topological polar surface area (TPSA) is 38.3 Å². The SMILES string of the molecule is C#CCNCC(=O)c1ccc(OCCC)cc1. The van der Waals surface area contributed by atoms with E-state index < -0.39 is 0 Å². The predicted octanol–water partition coefficient (Wildman–Crippen LogP) is 1.88. The van der Waals surface area contributed by atoms with E-state index >= 15 is 0 Å². The molecule has 3 heteroatoms. The van der Waals surface area contributed by atoms with Crippen LogP contribution in [0.4, 0.5) is 0 Å². The molecule has 0 aliphatic carbocycles. The molecule has 0 bridgehead atoms. The van der Waals surface area contributed by atoms with Crippen LogP contribution in [0.5, 0.6) is 5.75 Å². The van der Waals surface area contributed by atoms with Crippen molar-refractivity contribution >= 4 is 5.78 Å². The van der Waals surface area contributed by atoms with E-state index in [9.17, 15) is 4.79 Å². The van der Waals surface area contributed by atoms with Crippen molar-refractivity contribution in [2.45, 2.75) is 13.3 Å². The fourth-order valence-corrected chi connectivity index (χ4v) is 1.31. The lowest BCUT2D eigenvalue weighted by atomic mass is 10.1. The summed E-state index contributed by atoms with van der Waals surface area (Å²) in [6.45, 7) is 3.41. The Bertz CT molecular complexity index is 390. The molecule has 0 atom stereocenters. The lowest BCUT2D eigenvalue weighted by Crippen LogP contribution is -2.23. The highest BCUT2D eigenvalue weighted by Crippen LogP contribution is 2.12. The number of benzene rings is 1. The molecule has 0 aliphatic heterocycles. The summed E-state index contributed by atoms with van der Waals surface area (Å²) in [7, 11) is 0. The molecule has 0 amide bonds. The second-order valence-electron chi connectivity index (χ2n) is 3.60. The summed E-state index contributed by atoms with van der Waals surface area (Å²) in [6.07, 6.45) is 6.05. The van der Waals surface area contributed by atoms with E-state index in [2.05, 4.69) is 18.2 Å². The van der Waals surface area contributed by atoms with Crippen LogP contribution in [0.15, 0.2) is 24.3 Å². The first kappa shape index (κ1) is 13.3. The number of Topliss-reactive ketones (excluding diaryl/α,β-unsaturated/α-hetero) is 1. The van der Waals surface area contributed by atoms with E-state index in [1.807, 2.05) is 12.1 Å². The highest BCUT2D eigenvalue weighted by molar-refractivity contribution is 5.97. The average molecular weight is 231 g/mol. The molecule has 1 N–H and O–H groups in total. The Morgan fingerprint density at radius 1 is 1.41 bits per heavy atom. The van der Waals surface area contributed by atoms with Crippen LogP contribution in [0.2, 0.25) is 0 Å². The molecular weight excluding hydrogens is 214 g/mol. The molecule has 3 nitrogen and oxygen atoms in total. The summed E-state index contributed by atoms with van der Waals surface area (Å²) in [5.74, 6) is 3.25. The van der Waals surface area contributed by atoms with Gasteiger partial charge in [-0.3, -0.25) is 10.1 Å². The van der Waals surface area contributed by atoms with Crippen molar-refractivity contribution in [2.24, 2.45) is 0 Å². The van der Waals surface area contributed by atoms with Crippen molar-refractivity contribution in [3.05, 3.63) is 29.8 Å². The minimum Gasteiger partial charge on any atom is -0.494 e. The molecule has 0 aromatic heterocycles. The van der Waals surface area contributed by atoms with Gasteiger partial charge in [0.1, 0.15) is 5.75 Å².